The molecular formula is C12H11BrN4O4. The summed E-state index contributed by atoms with van der Waals surface area (Å²) in [5.41, 5.74) is -0.184. The van der Waals surface area contributed by atoms with Crippen LogP contribution >= 0.6 is 15.9 Å². The van der Waals surface area contributed by atoms with Gasteiger partial charge in [-0.1, -0.05) is 15.9 Å². The van der Waals surface area contributed by atoms with Crippen molar-refractivity contribution in [3.05, 3.63) is 39.1 Å². The minimum absolute atomic E-state index is 0.0576. The van der Waals surface area contributed by atoms with Gasteiger partial charge in [-0.15, -0.1) is 0 Å². The van der Waals surface area contributed by atoms with Crippen molar-refractivity contribution in [2.45, 2.75) is 0 Å². The van der Waals surface area contributed by atoms with E-state index >= 15 is 0 Å². The Morgan fingerprint density at radius 1 is 1.38 bits per heavy atom. The van der Waals surface area contributed by atoms with E-state index in [1.54, 1.807) is 13.1 Å². The number of halogens is 1. The molecule has 0 amide bonds. The molecule has 1 N–H and O–H groups in total. The van der Waals surface area contributed by atoms with Crippen LogP contribution in [0, 0.1) is 10.1 Å². The Kier molecular flexibility index (Phi) is 4.53. The molecule has 2 rings (SSSR count). The molecule has 0 atom stereocenters. The zero-order valence-corrected chi connectivity index (χ0v) is 12.7. The number of benzene rings is 1. The summed E-state index contributed by atoms with van der Waals surface area (Å²) >= 11 is 3.18. The average Bonchev–Trinajstić information content (AvgIpc) is 2.48. The van der Waals surface area contributed by atoms with E-state index in [1.807, 2.05) is 0 Å². The number of hydrogen-bond acceptors (Lipinski definition) is 7. The van der Waals surface area contributed by atoms with E-state index in [4.69, 9.17) is 9.47 Å². The molecule has 21 heavy (non-hydrogen) atoms. The van der Waals surface area contributed by atoms with Crippen LogP contribution in [0.3, 0.4) is 0 Å². The highest BCUT2D eigenvalue weighted by Crippen LogP contribution is 2.38. The normalized spacial score (nSPS) is 10.0. The van der Waals surface area contributed by atoms with Crippen molar-refractivity contribution < 1.29 is 14.4 Å². The van der Waals surface area contributed by atoms with Crippen molar-refractivity contribution in [2.75, 3.05) is 19.5 Å². The zero-order valence-electron chi connectivity index (χ0n) is 11.2. The minimum Gasteiger partial charge on any atom is -0.489 e. The standard InChI is InChI=1S/C12H11BrN4O4/c1-14-11-10(20-2)12(16-6-15-11)21-9-4-3-7(13)5-8(9)17(18)19/h3-6H,1-2H3,(H,14,15,16). The van der Waals surface area contributed by atoms with E-state index in [0.717, 1.165) is 0 Å². The van der Waals surface area contributed by atoms with Gasteiger partial charge in [-0.25, -0.2) is 4.98 Å². The number of aromatic nitrogens is 2. The van der Waals surface area contributed by atoms with Crippen LogP contribution in [0.5, 0.6) is 17.4 Å². The van der Waals surface area contributed by atoms with Crippen LogP contribution < -0.4 is 14.8 Å². The number of nitrogens with one attached hydrogen (secondary N) is 1. The first-order valence-electron chi connectivity index (χ1n) is 5.75. The average molecular weight is 355 g/mol. The monoisotopic (exact) mass is 354 g/mol. The van der Waals surface area contributed by atoms with Gasteiger partial charge in [-0.2, -0.15) is 4.98 Å². The molecule has 2 aromatic rings. The third kappa shape index (κ3) is 3.19. The fourth-order valence-electron chi connectivity index (χ4n) is 1.62. The lowest BCUT2D eigenvalue weighted by atomic mass is 10.3. The fraction of sp³-hybridized carbons (Fsp3) is 0.167. The number of nitrogens with zero attached hydrogens (tertiary/aromatic N) is 3. The molecule has 0 aliphatic heterocycles. The molecule has 0 saturated carbocycles. The van der Waals surface area contributed by atoms with Crippen LogP contribution in [-0.2, 0) is 0 Å². The van der Waals surface area contributed by atoms with Crippen molar-refractivity contribution in [3.8, 4) is 17.4 Å². The smallest absolute Gasteiger partial charge is 0.312 e. The number of nitro groups is 1. The first-order chi connectivity index (χ1) is 10.1. The molecular weight excluding hydrogens is 344 g/mol. The van der Waals surface area contributed by atoms with E-state index in [1.165, 1.54) is 25.6 Å². The molecule has 0 aliphatic carbocycles. The van der Waals surface area contributed by atoms with E-state index in [9.17, 15) is 10.1 Å². The maximum Gasteiger partial charge on any atom is 0.312 e. The van der Waals surface area contributed by atoms with Gasteiger partial charge in [0.05, 0.1) is 12.0 Å². The van der Waals surface area contributed by atoms with Crippen LogP contribution in [-0.4, -0.2) is 29.0 Å². The Labute approximate surface area is 128 Å². The number of nitro benzene ring substituents is 1. The van der Waals surface area contributed by atoms with E-state index < -0.39 is 4.92 Å². The van der Waals surface area contributed by atoms with Crippen molar-refractivity contribution in [2.24, 2.45) is 0 Å². The Hall–Kier alpha value is -2.42. The summed E-state index contributed by atoms with van der Waals surface area (Å²) in [6.07, 6.45) is 1.27. The van der Waals surface area contributed by atoms with E-state index in [-0.39, 0.29) is 23.1 Å². The SMILES string of the molecule is CNc1ncnc(Oc2ccc(Br)cc2[N+](=O)[O-])c1OC. The second-order valence-corrected chi connectivity index (χ2v) is 4.70. The third-order valence-electron chi connectivity index (χ3n) is 2.54. The van der Waals surface area contributed by atoms with Gasteiger partial charge in [0, 0.05) is 17.6 Å². The molecule has 1 aromatic carbocycles. The van der Waals surface area contributed by atoms with Gasteiger partial charge in [0.1, 0.15) is 6.33 Å². The highest BCUT2D eigenvalue weighted by molar-refractivity contribution is 9.10. The Morgan fingerprint density at radius 3 is 2.76 bits per heavy atom. The lowest BCUT2D eigenvalue weighted by Crippen LogP contribution is -2.02. The maximum absolute atomic E-state index is 11.1. The van der Waals surface area contributed by atoms with Gasteiger partial charge in [-0.3, -0.25) is 10.1 Å². The number of methoxy groups -OCH3 is 1. The molecule has 1 heterocycles. The first-order valence-corrected chi connectivity index (χ1v) is 6.54. The number of ether oxygens (including phenoxy) is 2. The van der Waals surface area contributed by atoms with Crippen LogP contribution in [0.2, 0.25) is 0 Å². The van der Waals surface area contributed by atoms with E-state index in [2.05, 4.69) is 31.2 Å². The number of rotatable bonds is 5. The molecule has 0 aliphatic rings. The maximum atomic E-state index is 11.1. The largest absolute Gasteiger partial charge is 0.489 e. The Balaban J connectivity index is 2.46. The third-order valence-corrected chi connectivity index (χ3v) is 3.03. The molecule has 9 heteroatoms. The summed E-state index contributed by atoms with van der Waals surface area (Å²) < 4.78 is 11.3. The predicted molar refractivity (Wildman–Crippen MR) is 79.0 cm³/mol. The lowest BCUT2D eigenvalue weighted by Gasteiger charge is -2.11. The molecule has 0 radical (unpaired) electrons. The van der Waals surface area contributed by atoms with Crippen molar-refractivity contribution in [3.63, 3.8) is 0 Å². The van der Waals surface area contributed by atoms with Crippen LogP contribution in [0.25, 0.3) is 0 Å². The molecule has 0 unspecified atom stereocenters. The second kappa shape index (κ2) is 6.35. The van der Waals surface area contributed by atoms with Crippen molar-refractivity contribution >= 4 is 27.4 Å². The highest BCUT2D eigenvalue weighted by atomic mass is 79.9. The lowest BCUT2D eigenvalue weighted by molar-refractivity contribution is -0.385. The zero-order chi connectivity index (χ0) is 15.4. The van der Waals surface area contributed by atoms with Gasteiger partial charge in [0.15, 0.2) is 5.82 Å². The Morgan fingerprint density at radius 2 is 2.14 bits per heavy atom. The second-order valence-electron chi connectivity index (χ2n) is 3.78. The van der Waals surface area contributed by atoms with Crippen molar-refractivity contribution in [1.29, 1.82) is 0 Å². The molecule has 0 fully saturated rings. The van der Waals surface area contributed by atoms with Gasteiger partial charge in [0.25, 0.3) is 5.88 Å². The molecule has 0 bridgehead atoms. The summed E-state index contributed by atoms with van der Waals surface area (Å²) in [5.74, 6) is 0.823. The first kappa shape index (κ1) is 15.0. The van der Waals surface area contributed by atoms with Gasteiger partial charge in [-0.05, 0) is 12.1 Å². The fourth-order valence-corrected chi connectivity index (χ4v) is 1.97. The van der Waals surface area contributed by atoms with Gasteiger partial charge >= 0.3 is 5.69 Å². The van der Waals surface area contributed by atoms with Gasteiger partial charge < -0.3 is 14.8 Å². The molecule has 8 nitrogen and oxygen atoms in total. The molecule has 0 spiro atoms. The minimum atomic E-state index is -0.535. The van der Waals surface area contributed by atoms with Crippen LogP contribution in [0.15, 0.2) is 29.0 Å². The quantitative estimate of drug-likeness (QED) is 0.650. The summed E-state index contributed by atoms with van der Waals surface area (Å²) in [6.45, 7) is 0. The van der Waals surface area contributed by atoms with E-state index in [0.29, 0.717) is 10.3 Å². The molecule has 1 aromatic heterocycles. The highest BCUT2D eigenvalue weighted by Gasteiger charge is 2.20. The predicted octanol–water partition coefficient (Wildman–Crippen LogP) is 2.99. The number of hydrogen-bond donors (Lipinski definition) is 1. The van der Waals surface area contributed by atoms with Crippen LogP contribution in [0.4, 0.5) is 11.5 Å². The van der Waals surface area contributed by atoms with Gasteiger partial charge in [0.2, 0.25) is 11.5 Å². The van der Waals surface area contributed by atoms with Crippen LogP contribution in [0.1, 0.15) is 0 Å². The summed E-state index contributed by atoms with van der Waals surface area (Å²) in [5, 5.41) is 13.9. The Bertz CT molecular complexity index is 680. The summed E-state index contributed by atoms with van der Waals surface area (Å²) in [6, 6.07) is 4.46. The molecule has 0 saturated heterocycles. The topological polar surface area (TPSA) is 99.4 Å². The van der Waals surface area contributed by atoms with Crippen molar-refractivity contribution in [1.82, 2.24) is 9.97 Å². The summed E-state index contributed by atoms with van der Waals surface area (Å²) in [7, 11) is 3.10. The number of anilines is 1. The summed E-state index contributed by atoms with van der Waals surface area (Å²) in [4.78, 5) is 18.5. The molecule has 110 valence electrons.